The van der Waals surface area contributed by atoms with Crippen molar-refractivity contribution in [2.45, 2.75) is 6.42 Å². The van der Waals surface area contributed by atoms with Gasteiger partial charge in [0.2, 0.25) is 5.91 Å². The van der Waals surface area contributed by atoms with Crippen LogP contribution in [0.15, 0.2) is 46.9 Å². The third-order valence-corrected chi connectivity index (χ3v) is 4.96. The largest absolute Gasteiger partial charge is 0.339 e. The molecule has 0 unspecified atom stereocenters. The van der Waals surface area contributed by atoms with Crippen LogP contribution in [-0.2, 0) is 11.2 Å². The third-order valence-electron chi connectivity index (χ3n) is 4.35. The highest BCUT2D eigenvalue weighted by Crippen LogP contribution is 2.18. The lowest BCUT2D eigenvalue weighted by molar-refractivity contribution is -0.131. The van der Waals surface area contributed by atoms with Gasteiger partial charge in [0, 0.05) is 31.7 Å². The van der Waals surface area contributed by atoms with Crippen molar-refractivity contribution < 1.29 is 18.4 Å². The number of hydrogen-bond donors (Lipinski definition) is 0. The SMILES string of the molecule is O=C(Cc1ccc(F)c(Br)c1)N1CCN(C(=O)c2ccc(F)cc2)CC1. The third kappa shape index (κ3) is 4.27. The van der Waals surface area contributed by atoms with E-state index in [4.69, 9.17) is 0 Å². The van der Waals surface area contributed by atoms with E-state index in [9.17, 15) is 18.4 Å². The molecule has 136 valence electrons. The maximum atomic E-state index is 13.3. The van der Waals surface area contributed by atoms with E-state index in [0.717, 1.165) is 5.56 Å². The van der Waals surface area contributed by atoms with Crippen molar-refractivity contribution in [2.24, 2.45) is 0 Å². The minimum atomic E-state index is -0.385. The molecule has 4 nitrogen and oxygen atoms in total. The Morgan fingerprint density at radius 2 is 1.54 bits per heavy atom. The fraction of sp³-hybridized carbons (Fsp3) is 0.263. The summed E-state index contributed by atoms with van der Waals surface area (Å²) in [7, 11) is 0. The molecule has 0 radical (unpaired) electrons. The van der Waals surface area contributed by atoms with E-state index in [0.29, 0.717) is 36.2 Å². The van der Waals surface area contributed by atoms with Gasteiger partial charge in [-0.1, -0.05) is 6.07 Å². The summed E-state index contributed by atoms with van der Waals surface area (Å²) in [5.74, 6) is -0.976. The molecule has 2 aromatic carbocycles. The first-order valence-corrected chi connectivity index (χ1v) is 9.00. The number of nitrogens with zero attached hydrogens (tertiary/aromatic N) is 2. The van der Waals surface area contributed by atoms with Gasteiger partial charge in [0.15, 0.2) is 0 Å². The molecule has 7 heteroatoms. The number of benzene rings is 2. The molecule has 1 aliphatic heterocycles. The minimum Gasteiger partial charge on any atom is -0.339 e. The van der Waals surface area contributed by atoms with Crippen LogP contribution in [0.1, 0.15) is 15.9 Å². The normalized spacial score (nSPS) is 14.4. The second-order valence-corrected chi connectivity index (χ2v) is 6.96. The van der Waals surface area contributed by atoms with Crippen LogP contribution in [0, 0.1) is 11.6 Å². The quantitative estimate of drug-likeness (QED) is 0.761. The van der Waals surface area contributed by atoms with Crippen LogP contribution in [-0.4, -0.2) is 47.8 Å². The van der Waals surface area contributed by atoms with Crippen LogP contribution in [0.25, 0.3) is 0 Å². The molecule has 0 spiro atoms. The van der Waals surface area contributed by atoms with Crippen molar-refractivity contribution in [1.29, 1.82) is 0 Å². The average molecular weight is 423 g/mol. The van der Waals surface area contributed by atoms with Gasteiger partial charge in [-0.3, -0.25) is 9.59 Å². The van der Waals surface area contributed by atoms with E-state index in [1.165, 1.54) is 30.3 Å². The number of amides is 2. The molecular formula is C19H17BrF2N2O2. The predicted molar refractivity (Wildman–Crippen MR) is 96.7 cm³/mol. The van der Waals surface area contributed by atoms with E-state index in [1.54, 1.807) is 21.9 Å². The molecule has 0 saturated carbocycles. The van der Waals surface area contributed by atoms with Gasteiger partial charge in [-0.2, -0.15) is 0 Å². The number of hydrogen-bond acceptors (Lipinski definition) is 2. The van der Waals surface area contributed by atoms with E-state index in [-0.39, 0.29) is 29.9 Å². The van der Waals surface area contributed by atoms with Crippen LogP contribution >= 0.6 is 15.9 Å². The lowest BCUT2D eigenvalue weighted by atomic mass is 10.1. The van der Waals surface area contributed by atoms with Crippen molar-refractivity contribution in [3.8, 4) is 0 Å². The number of carbonyl (C=O) groups is 2. The van der Waals surface area contributed by atoms with Gasteiger partial charge in [0.1, 0.15) is 11.6 Å². The van der Waals surface area contributed by atoms with Crippen LogP contribution < -0.4 is 0 Å². The average Bonchev–Trinajstić information content (AvgIpc) is 2.65. The van der Waals surface area contributed by atoms with Gasteiger partial charge < -0.3 is 9.80 Å². The summed E-state index contributed by atoms with van der Waals surface area (Å²) in [4.78, 5) is 28.2. The molecule has 3 rings (SSSR count). The molecule has 1 fully saturated rings. The summed E-state index contributed by atoms with van der Waals surface area (Å²) >= 11 is 3.11. The van der Waals surface area contributed by atoms with Crippen LogP contribution in [0.2, 0.25) is 0 Å². The molecule has 26 heavy (non-hydrogen) atoms. The van der Waals surface area contributed by atoms with E-state index < -0.39 is 0 Å². The van der Waals surface area contributed by atoms with Gasteiger partial charge in [-0.05, 0) is 57.9 Å². The predicted octanol–water partition coefficient (Wildman–Crippen LogP) is 3.25. The lowest BCUT2D eigenvalue weighted by Gasteiger charge is -2.35. The first-order chi connectivity index (χ1) is 12.4. The van der Waals surface area contributed by atoms with Crippen LogP contribution in [0.3, 0.4) is 0 Å². The number of piperazine rings is 1. The Balaban J connectivity index is 1.55. The van der Waals surface area contributed by atoms with Gasteiger partial charge in [-0.15, -0.1) is 0 Å². The summed E-state index contributed by atoms with van der Waals surface area (Å²) in [5.41, 5.74) is 1.16. The highest BCUT2D eigenvalue weighted by Gasteiger charge is 2.25. The maximum Gasteiger partial charge on any atom is 0.253 e. The number of halogens is 3. The number of carbonyl (C=O) groups excluding carboxylic acids is 2. The molecule has 1 saturated heterocycles. The van der Waals surface area contributed by atoms with Gasteiger partial charge in [-0.25, -0.2) is 8.78 Å². The fourth-order valence-corrected chi connectivity index (χ4v) is 3.30. The van der Waals surface area contributed by atoms with Crippen LogP contribution in [0.4, 0.5) is 8.78 Å². The van der Waals surface area contributed by atoms with Crippen LogP contribution in [0.5, 0.6) is 0 Å². The molecule has 0 aliphatic carbocycles. The van der Waals surface area contributed by atoms with Crippen molar-refractivity contribution >= 4 is 27.7 Å². The lowest BCUT2D eigenvalue weighted by Crippen LogP contribution is -2.51. The second kappa shape index (κ2) is 7.95. The number of rotatable bonds is 3. The monoisotopic (exact) mass is 422 g/mol. The van der Waals surface area contributed by atoms with E-state index in [1.807, 2.05) is 0 Å². The standard InChI is InChI=1S/C19H17BrF2N2O2/c20-16-11-13(1-6-17(16)22)12-18(25)23-7-9-24(10-8-23)19(26)14-2-4-15(21)5-3-14/h1-6,11H,7-10,12H2. The zero-order valence-corrected chi connectivity index (χ0v) is 15.5. The smallest absolute Gasteiger partial charge is 0.253 e. The summed E-state index contributed by atoms with van der Waals surface area (Å²) in [6, 6.07) is 9.95. The van der Waals surface area contributed by atoms with Gasteiger partial charge in [0.25, 0.3) is 5.91 Å². The summed E-state index contributed by atoms with van der Waals surface area (Å²) in [5, 5.41) is 0. The Kier molecular flexibility index (Phi) is 5.66. The molecular weight excluding hydrogens is 406 g/mol. The first kappa shape index (κ1) is 18.5. The second-order valence-electron chi connectivity index (χ2n) is 6.11. The minimum absolute atomic E-state index is 0.0580. The Labute approximate surface area is 158 Å². The Bertz CT molecular complexity index is 819. The zero-order valence-electron chi connectivity index (χ0n) is 13.9. The van der Waals surface area contributed by atoms with Crippen molar-refractivity contribution in [1.82, 2.24) is 9.80 Å². The molecule has 0 aromatic heterocycles. The Hall–Kier alpha value is -2.28. The molecule has 2 amide bonds. The van der Waals surface area contributed by atoms with Crippen molar-refractivity contribution in [3.05, 3.63) is 69.7 Å². The topological polar surface area (TPSA) is 40.6 Å². The zero-order chi connectivity index (χ0) is 18.7. The summed E-state index contributed by atoms with van der Waals surface area (Å²) < 4.78 is 26.6. The van der Waals surface area contributed by atoms with Gasteiger partial charge >= 0.3 is 0 Å². The molecule has 1 heterocycles. The first-order valence-electron chi connectivity index (χ1n) is 8.20. The van der Waals surface area contributed by atoms with Gasteiger partial charge in [0.05, 0.1) is 10.9 Å². The van der Waals surface area contributed by atoms with Crippen molar-refractivity contribution in [2.75, 3.05) is 26.2 Å². The molecule has 2 aromatic rings. The van der Waals surface area contributed by atoms with E-state index >= 15 is 0 Å². The van der Waals surface area contributed by atoms with Crippen molar-refractivity contribution in [3.63, 3.8) is 0 Å². The molecule has 0 N–H and O–H groups in total. The highest BCUT2D eigenvalue weighted by atomic mass is 79.9. The molecule has 0 atom stereocenters. The highest BCUT2D eigenvalue weighted by molar-refractivity contribution is 9.10. The Morgan fingerprint density at radius 1 is 0.923 bits per heavy atom. The Morgan fingerprint density at radius 3 is 2.15 bits per heavy atom. The summed E-state index contributed by atoms with van der Waals surface area (Å²) in [6.45, 7) is 1.73. The molecule has 0 bridgehead atoms. The van der Waals surface area contributed by atoms with E-state index in [2.05, 4.69) is 15.9 Å². The summed E-state index contributed by atoms with van der Waals surface area (Å²) in [6.07, 6.45) is 0.185. The molecule has 1 aliphatic rings. The maximum absolute atomic E-state index is 13.3. The fourth-order valence-electron chi connectivity index (χ4n) is 2.87.